The molecule has 2 unspecified atom stereocenters. The van der Waals surface area contributed by atoms with Gasteiger partial charge in [0.15, 0.2) is 0 Å². The van der Waals surface area contributed by atoms with Gasteiger partial charge in [-0.15, -0.1) is 0 Å². The lowest BCUT2D eigenvalue weighted by Gasteiger charge is -2.11. The lowest BCUT2D eigenvalue weighted by Crippen LogP contribution is -2.27. The van der Waals surface area contributed by atoms with E-state index in [0.29, 0.717) is 23.0 Å². The van der Waals surface area contributed by atoms with Crippen molar-refractivity contribution < 1.29 is 8.42 Å². The van der Waals surface area contributed by atoms with Crippen LogP contribution < -0.4 is 10.0 Å². The molecule has 0 amide bonds. The van der Waals surface area contributed by atoms with Gasteiger partial charge in [0.1, 0.15) is 4.90 Å². The van der Waals surface area contributed by atoms with E-state index in [-0.39, 0.29) is 16.0 Å². The number of sulfonamides is 1. The molecule has 1 aromatic carbocycles. The van der Waals surface area contributed by atoms with Gasteiger partial charge < -0.3 is 5.32 Å². The van der Waals surface area contributed by atoms with Gasteiger partial charge in [-0.3, -0.25) is 0 Å². The van der Waals surface area contributed by atoms with Crippen molar-refractivity contribution in [2.75, 3.05) is 7.05 Å². The van der Waals surface area contributed by atoms with E-state index in [0.717, 1.165) is 19.3 Å². The van der Waals surface area contributed by atoms with Gasteiger partial charge in [0.05, 0.1) is 5.02 Å². The Kier molecular flexibility index (Phi) is 5.54. The van der Waals surface area contributed by atoms with E-state index >= 15 is 0 Å². The standard InChI is InChI=1S/C14H20Cl2N2O2S/c1-3-4-9-5-13(9)18-21(19,20)14-6-10(8-17-2)11(15)7-12(14)16/h6-7,9,13,17-18H,3-5,8H2,1-2H3. The first-order valence-corrected chi connectivity index (χ1v) is 9.27. The van der Waals surface area contributed by atoms with Crippen LogP contribution in [-0.2, 0) is 16.6 Å². The van der Waals surface area contributed by atoms with Crippen molar-refractivity contribution in [2.24, 2.45) is 5.92 Å². The highest BCUT2D eigenvalue weighted by Crippen LogP contribution is 2.37. The van der Waals surface area contributed by atoms with Crippen LogP contribution in [0.25, 0.3) is 0 Å². The van der Waals surface area contributed by atoms with E-state index in [9.17, 15) is 8.42 Å². The van der Waals surface area contributed by atoms with Crippen LogP contribution in [0.3, 0.4) is 0 Å². The molecule has 1 fully saturated rings. The second-order valence-electron chi connectivity index (χ2n) is 5.42. The normalized spacial score (nSPS) is 21.5. The van der Waals surface area contributed by atoms with Crippen molar-refractivity contribution in [3.05, 3.63) is 27.7 Å². The number of hydrogen-bond donors (Lipinski definition) is 2. The second-order valence-corrected chi connectivity index (χ2v) is 7.91. The minimum Gasteiger partial charge on any atom is -0.316 e. The molecule has 0 aromatic heterocycles. The van der Waals surface area contributed by atoms with Gasteiger partial charge in [0.2, 0.25) is 10.0 Å². The van der Waals surface area contributed by atoms with E-state index in [1.165, 1.54) is 6.07 Å². The van der Waals surface area contributed by atoms with Crippen molar-refractivity contribution in [1.29, 1.82) is 0 Å². The largest absolute Gasteiger partial charge is 0.316 e. The molecule has 1 aliphatic rings. The molecule has 2 atom stereocenters. The van der Waals surface area contributed by atoms with Crippen molar-refractivity contribution in [3.63, 3.8) is 0 Å². The number of halogens is 2. The third-order valence-electron chi connectivity index (χ3n) is 3.65. The fraction of sp³-hybridized carbons (Fsp3) is 0.571. The Morgan fingerprint density at radius 2 is 2.00 bits per heavy atom. The van der Waals surface area contributed by atoms with Crippen molar-refractivity contribution >= 4 is 33.2 Å². The SMILES string of the molecule is CCCC1CC1NS(=O)(=O)c1cc(CNC)c(Cl)cc1Cl. The van der Waals surface area contributed by atoms with Gasteiger partial charge in [0.25, 0.3) is 0 Å². The predicted molar refractivity (Wildman–Crippen MR) is 86.4 cm³/mol. The molecule has 2 rings (SSSR count). The summed E-state index contributed by atoms with van der Waals surface area (Å²) in [6.45, 7) is 2.59. The zero-order valence-electron chi connectivity index (χ0n) is 12.1. The molecule has 21 heavy (non-hydrogen) atoms. The zero-order chi connectivity index (χ0) is 15.6. The Bertz CT molecular complexity index is 620. The summed E-state index contributed by atoms with van der Waals surface area (Å²) in [5.41, 5.74) is 0.713. The average Bonchev–Trinajstić information content (AvgIpc) is 3.10. The lowest BCUT2D eigenvalue weighted by molar-refractivity contribution is 0.573. The molecule has 0 spiro atoms. The van der Waals surface area contributed by atoms with E-state index in [1.54, 1.807) is 13.1 Å². The topological polar surface area (TPSA) is 58.2 Å². The van der Waals surface area contributed by atoms with Crippen LogP contribution in [-0.4, -0.2) is 21.5 Å². The van der Waals surface area contributed by atoms with Crippen molar-refractivity contribution in [2.45, 2.75) is 43.7 Å². The first-order chi connectivity index (χ1) is 9.89. The molecular weight excluding hydrogens is 331 g/mol. The molecule has 1 saturated carbocycles. The Balaban J connectivity index is 2.21. The molecule has 2 N–H and O–H groups in total. The van der Waals surface area contributed by atoms with E-state index in [4.69, 9.17) is 23.2 Å². The van der Waals surface area contributed by atoms with Crippen LogP contribution in [0, 0.1) is 5.92 Å². The molecule has 1 aromatic rings. The van der Waals surface area contributed by atoms with E-state index in [1.807, 2.05) is 0 Å². The molecule has 7 heteroatoms. The molecule has 1 aliphatic carbocycles. The minimum atomic E-state index is -3.60. The molecular formula is C14H20Cl2N2O2S. The van der Waals surface area contributed by atoms with E-state index in [2.05, 4.69) is 17.0 Å². The first kappa shape index (κ1) is 17.0. The number of hydrogen-bond acceptors (Lipinski definition) is 3. The predicted octanol–water partition coefficient (Wildman–Crippen LogP) is 3.18. The van der Waals surface area contributed by atoms with Gasteiger partial charge >= 0.3 is 0 Å². The minimum absolute atomic E-state index is 0.0365. The summed E-state index contributed by atoms with van der Waals surface area (Å²) in [5.74, 6) is 0.452. The smallest absolute Gasteiger partial charge is 0.242 e. The quantitative estimate of drug-likeness (QED) is 0.793. The Morgan fingerprint density at radius 3 is 2.62 bits per heavy atom. The third-order valence-corrected chi connectivity index (χ3v) is 5.95. The third kappa shape index (κ3) is 4.11. The van der Waals surface area contributed by atoms with Gasteiger partial charge in [-0.2, -0.15) is 0 Å². The van der Waals surface area contributed by atoms with Crippen LogP contribution in [0.2, 0.25) is 10.0 Å². The Labute approximate surface area is 136 Å². The fourth-order valence-electron chi connectivity index (χ4n) is 2.45. The Morgan fingerprint density at radius 1 is 1.29 bits per heavy atom. The van der Waals surface area contributed by atoms with Crippen molar-refractivity contribution in [1.82, 2.24) is 10.0 Å². The van der Waals surface area contributed by atoms with Gasteiger partial charge in [0, 0.05) is 17.6 Å². The summed E-state index contributed by atoms with van der Waals surface area (Å²) in [4.78, 5) is 0.0981. The summed E-state index contributed by atoms with van der Waals surface area (Å²) >= 11 is 12.1. The van der Waals surface area contributed by atoms with Crippen molar-refractivity contribution in [3.8, 4) is 0 Å². The van der Waals surface area contributed by atoms with Gasteiger partial charge in [-0.1, -0.05) is 36.5 Å². The second kappa shape index (κ2) is 6.84. The monoisotopic (exact) mass is 350 g/mol. The summed E-state index contributed by atoms with van der Waals surface area (Å²) in [6, 6.07) is 3.07. The van der Waals surface area contributed by atoms with Gasteiger partial charge in [-0.05, 0) is 43.5 Å². The number of rotatable bonds is 7. The molecule has 0 aliphatic heterocycles. The number of nitrogens with one attached hydrogen (secondary N) is 2. The highest BCUT2D eigenvalue weighted by atomic mass is 35.5. The highest BCUT2D eigenvalue weighted by molar-refractivity contribution is 7.89. The zero-order valence-corrected chi connectivity index (χ0v) is 14.4. The van der Waals surface area contributed by atoms with E-state index < -0.39 is 10.0 Å². The molecule has 0 bridgehead atoms. The molecule has 118 valence electrons. The van der Waals surface area contributed by atoms with Crippen LogP contribution in [0.15, 0.2) is 17.0 Å². The molecule has 4 nitrogen and oxygen atoms in total. The number of benzene rings is 1. The lowest BCUT2D eigenvalue weighted by atomic mass is 10.2. The summed E-state index contributed by atoms with van der Waals surface area (Å²) in [5, 5.41) is 3.57. The Hall–Kier alpha value is -0.330. The molecule has 0 heterocycles. The molecule has 0 saturated heterocycles. The maximum atomic E-state index is 12.5. The van der Waals surface area contributed by atoms with Crippen LogP contribution >= 0.6 is 23.2 Å². The summed E-state index contributed by atoms with van der Waals surface area (Å²) < 4.78 is 27.7. The molecule has 0 radical (unpaired) electrons. The van der Waals surface area contributed by atoms with Crippen LogP contribution in [0.4, 0.5) is 0 Å². The highest BCUT2D eigenvalue weighted by Gasteiger charge is 2.39. The summed E-state index contributed by atoms with van der Waals surface area (Å²) in [6.07, 6.45) is 3.02. The maximum absolute atomic E-state index is 12.5. The fourth-order valence-corrected chi connectivity index (χ4v) is 4.63. The summed E-state index contributed by atoms with van der Waals surface area (Å²) in [7, 11) is -1.83. The maximum Gasteiger partial charge on any atom is 0.242 e. The van der Waals surface area contributed by atoms with Crippen LogP contribution in [0.1, 0.15) is 31.7 Å². The van der Waals surface area contributed by atoms with Gasteiger partial charge in [-0.25, -0.2) is 13.1 Å². The van der Waals surface area contributed by atoms with Crippen LogP contribution in [0.5, 0.6) is 0 Å². The average molecular weight is 351 g/mol. The first-order valence-electron chi connectivity index (χ1n) is 7.04.